The average molecular weight is 370 g/mol. The average Bonchev–Trinajstić information content (AvgIpc) is 3.24. The van der Waals surface area contributed by atoms with E-state index in [-0.39, 0.29) is 17.6 Å². The molecule has 0 unspecified atom stereocenters. The maximum absolute atomic E-state index is 12.6. The van der Waals surface area contributed by atoms with Crippen molar-refractivity contribution in [1.82, 2.24) is 24.9 Å². The summed E-state index contributed by atoms with van der Waals surface area (Å²) >= 11 is 0. The van der Waals surface area contributed by atoms with Gasteiger partial charge >= 0.3 is 6.03 Å². The molecule has 6 nitrogen and oxygen atoms in total. The molecular weight excluding hydrogens is 338 g/mol. The summed E-state index contributed by atoms with van der Waals surface area (Å²) in [4.78, 5) is 16.7. The number of nitrogens with one attached hydrogen (secondary N) is 1. The monoisotopic (exact) mass is 369 g/mol. The number of benzene rings is 1. The number of hydrogen-bond acceptors (Lipinski definition) is 3. The molecule has 0 spiro atoms. The Bertz CT molecular complexity index is 792. The Hall–Kier alpha value is -2.34. The van der Waals surface area contributed by atoms with Gasteiger partial charge in [0.2, 0.25) is 0 Å². The molecule has 1 atom stereocenters. The first-order chi connectivity index (χ1) is 12.7. The Morgan fingerprint density at radius 1 is 1.37 bits per heavy atom. The maximum Gasteiger partial charge on any atom is 0.317 e. The van der Waals surface area contributed by atoms with Crippen molar-refractivity contribution in [3.05, 3.63) is 47.8 Å². The van der Waals surface area contributed by atoms with Gasteiger partial charge in [-0.1, -0.05) is 12.1 Å². The van der Waals surface area contributed by atoms with Gasteiger partial charge in [-0.2, -0.15) is 5.10 Å². The van der Waals surface area contributed by atoms with Gasteiger partial charge in [0.1, 0.15) is 0 Å². The molecule has 6 heteroatoms. The molecule has 1 N–H and O–H groups in total. The first-order valence-electron chi connectivity index (χ1n) is 9.59. The van der Waals surface area contributed by atoms with Crippen molar-refractivity contribution in [2.75, 3.05) is 20.1 Å². The number of urea groups is 1. The van der Waals surface area contributed by atoms with Gasteiger partial charge in [-0.15, -0.1) is 0 Å². The molecule has 1 aromatic carbocycles. The number of carbonyl (C=O) groups is 1. The number of likely N-dealkylation sites (tertiary alicyclic amines) is 1. The third-order valence-electron chi connectivity index (χ3n) is 5.13. The predicted octanol–water partition coefficient (Wildman–Crippen LogP) is 3.19. The Balaban J connectivity index is 1.55. The fourth-order valence-electron chi connectivity index (χ4n) is 3.47. The fourth-order valence-corrected chi connectivity index (χ4v) is 3.47. The number of carbonyl (C=O) groups excluding carboxylic acids is 1. The van der Waals surface area contributed by atoms with Gasteiger partial charge in [0, 0.05) is 43.5 Å². The lowest BCUT2D eigenvalue weighted by Crippen LogP contribution is -2.46. The highest BCUT2D eigenvalue weighted by molar-refractivity contribution is 5.74. The summed E-state index contributed by atoms with van der Waals surface area (Å²) in [6.45, 7) is 11.2. The van der Waals surface area contributed by atoms with Crippen molar-refractivity contribution in [3.63, 3.8) is 0 Å². The van der Waals surface area contributed by atoms with Crippen LogP contribution in [0.5, 0.6) is 0 Å². The largest absolute Gasteiger partial charge is 0.334 e. The second kappa shape index (κ2) is 7.72. The van der Waals surface area contributed by atoms with Crippen LogP contribution in [0.15, 0.2) is 36.7 Å². The van der Waals surface area contributed by atoms with E-state index in [0.29, 0.717) is 6.54 Å². The second-order valence-corrected chi connectivity index (χ2v) is 8.54. The molecule has 1 aliphatic heterocycles. The van der Waals surface area contributed by atoms with Crippen molar-refractivity contribution >= 4 is 6.03 Å². The summed E-state index contributed by atoms with van der Waals surface area (Å²) < 4.78 is 1.85. The summed E-state index contributed by atoms with van der Waals surface area (Å²) in [5.74, 6) is 0. The van der Waals surface area contributed by atoms with E-state index in [2.05, 4.69) is 55.1 Å². The SMILES string of the molecule is Cc1cccc(-n2cc(CN(C)C(=O)N[C@H]3CCN(C(C)(C)C)C3)cn2)c1. The quantitative estimate of drug-likeness (QED) is 0.900. The normalized spacial score (nSPS) is 17.9. The lowest BCUT2D eigenvalue weighted by atomic mass is 10.1. The van der Waals surface area contributed by atoms with E-state index >= 15 is 0 Å². The number of rotatable bonds is 4. The molecule has 3 rings (SSSR count). The lowest BCUT2D eigenvalue weighted by molar-refractivity contribution is 0.168. The summed E-state index contributed by atoms with van der Waals surface area (Å²) in [7, 11) is 1.83. The zero-order chi connectivity index (χ0) is 19.6. The molecule has 0 saturated carbocycles. The Morgan fingerprint density at radius 3 is 2.81 bits per heavy atom. The summed E-state index contributed by atoms with van der Waals surface area (Å²) in [6, 6.07) is 8.40. The van der Waals surface area contributed by atoms with E-state index in [0.717, 1.165) is 30.8 Å². The van der Waals surface area contributed by atoms with Gasteiger partial charge in [0.25, 0.3) is 0 Å². The van der Waals surface area contributed by atoms with Crippen LogP contribution in [0.25, 0.3) is 5.69 Å². The molecular formula is C21H31N5O. The third-order valence-corrected chi connectivity index (χ3v) is 5.13. The van der Waals surface area contributed by atoms with Crippen molar-refractivity contribution in [2.45, 2.75) is 52.2 Å². The molecule has 27 heavy (non-hydrogen) atoms. The van der Waals surface area contributed by atoms with Gasteiger partial charge in [-0.25, -0.2) is 9.48 Å². The van der Waals surface area contributed by atoms with Gasteiger partial charge in [0.15, 0.2) is 0 Å². The minimum Gasteiger partial charge on any atom is -0.334 e. The fraction of sp³-hybridized carbons (Fsp3) is 0.524. The van der Waals surface area contributed by atoms with E-state index in [1.54, 1.807) is 4.90 Å². The van der Waals surface area contributed by atoms with Crippen LogP contribution in [0.3, 0.4) is 0 Å². The highest BCUT2D eigenvalue weighted by Crippen LogP contribution is 2.20. The Labute approximate surface area is 162 Å². The lowest BCUT2D eigenvalue weighted by Gasteiger charge is -2.31. The minimum absolute atomic E-state index is 0.0286. The van der Waals surface area contributed by atoms with Gasteiger partial charge in [-0.05, 0) is 51.8 Å². The number of aryl methyl sites for hydroxylation is 1. The summed E-state index contributed by atoms with van der Waals surface area (Å²) in [5.41, 5.74) is 3.39. The van der Waals surface area contributed by atoms with Crippen LogP contribution in [0.4, 0.5) is 4.79 Å². The van der Waals surface area contributed by atoms with Crippen LogP contribution < -0.4 is 5.32 Å². The van der Waals surface area contributed by atoms with E-state index in [9.17, 15) is 4.79 Å². The Morgan fingerprint density at radius 2 is 2.15 bits per heavy atom. The van der Waals surface area contributed by atoms with Gasteiger partial charge in [0.05, 0.1) is 18.4 Å². The van der Waals surface area contributed by atoms with Crippen molar-refractivity contribution < 1.29 is 4.79 Å². The first kappa shape index (κ1) is 19.4. The standard InChI is InChI=1S/C21H31N5O/c1-16-7-6-8-19(11-16)26-14-17(12-22-26)13-24(5)20(27)23-18-9-10-25(15-18)21(2,3)4/h6-8,11-12,14,18H,9-10,13,15H2,1-5H3,(H,23,27)/t18-/m0/s1. The van der Waals surface area contributed by atoms with Gasteiger partial charge in [-0.3, -0.25) is 4.90 Å². The third kappa shape index (κ3) is 4.89. The predicted molar refractivity (Wildman–Crippen MR) is 108 cm³/mol. The molecule has 1 aromatic heterocycles. The topological polar surface area (TPSA) is 53.4 Å². The molecule has 0 bridgehead atoms. The first-order valence-corrected chi connectivity index (χ1v) is 9.59. The van der Waals surface area contributed by atoms with Crippen molar-refractivity contribution in [3.8, 4) is 5.69 Å². The van der Waals surface area contributed by atoms with E-state index in [4.69, 9.17) is 0 Å². The van der Waals surface area contributed by atoms with Gasteiger partial charge < -0.3 is 10.2 Å². The molecule has 0 radical (unpaired) electrons. The summed E-state index contributed by atoms with van der Waals surface area (Å²) in [5, 5.41) is 7.60. The van der Waals surface area contributed by atoms with Crippen LogP contribution in [0.2, 0.25) is 0 Å². The number of amides is 2. The van der Waals surface area contributed by atoms with E-state index in [1.807, 2.05) is 36.3 Å². The summed E-state index contributed by atoms with van der Waals surface area (Å²) in [6.07, 6.45) is 4.81. The van der Waals surface area contributed by atoms with Crippen LogP contribution >= 0.6 is 0 Å². The van der Waals surface area contributed by atoms with Crippen LogP contribution in [-0.4, -0.2) is 57.3 Å². The zero-order valence-electron chi connectivity index (χ0n) is 17.1. The smallest absolute Gasteiger partial charge is 0.317 e. The molecule has 1 aliphatic rings. The maximum atomic E-state index is 12.6. The minimum atomic E-state index is -0.0286. The van der Waals surface area contributed by atoms with Crippen molar-refractivity contribution in [2.24, 2.45) is 0 Å². The molecule has 146 valence electrons. The molecule has 2 aromatic rings. The highest BCUT2D eigenvalue weighted by Gasteiger charge is 2.31. The van der Waals surface area contributed by atoms with Crippen molar-refractivity contribution in [1.29, 1.82) is 0 Å². The second-order valence-electron chi connectivity index (χ2n) is 8.54. The number of aromatic nitrogens is 2. The number of hydrogen-bond donors (Lipinski definition) is 1. The molecule has 1 fully saturated rings. The van der Waals surface area contributed by atoms with E-state index in [1.165, 1.54) is 5.56 Å². The molecule has 1 saturated heterocycles. The number of nitrogens with zero attached hydrogens (tertiary/aromatic N) is 4. The molecule has 2 heterocycles. The molecule has 2 amide bonds. The van der Waals surface area contributed by atoms with Crippen LogP contribution in [0.1, 0.15) is 38.3 Å². The highest BCUT2D eigenvalue weighted by atomic mass is 16.2. The van der Waals surface area contributed by atoms with Crippen LogP contribution in [-0.2, 0) is 6.54 Å². The zero-order valence-corrected chi connectivity index (χ0v) is 17.1. The Kier molecular flexibility index (Phi) is 5.56. The van der Waals surface area contributed by atoms with Crippen LogP contribution in [0, 0.1) is 6.92 Å². The molecule has 0 aliphatic carbocycles. The van der Waals surface area contributed by atoms with E-state index < -0.39 is 0 Å².